The van der Waals surface area contributed by atoms with E-state index in [9.17, 15) is 0 Å². The van der Waals surface area contributed by atoms with Gasteiger partial charge in [0, 0.05) is 6.54 Å². The Morgan fingerprint density at radius 2 is 2.29 bits per heavy atom. The Labute approximate surface area is 43.3 Å². The van der Waals surface area contributed by atoms with Gasteiger partial charge in [0.2, 0.25) is 0 Å². The van der Waals surface area contributed by atoms with Gasteiger partial charge < -0.3 is 10.8 Å². The van der Waals surface area contributed by atoms with Crippen molar-refractivity contribution in [2.45, 2.75) is 18.9 Å². The first-order valence-corrected chi connectivity index (χ1v) is 2.72. The third-order valence-corrected chi connectivity index (χ3v) is 1.41. The van der Waals surface area contributed by atoms with Crippen LogP contribution in [0.3, 0.4) is 0 Å². The molecule has 0 amide bonds. The number of rotatable bonds is 2. The van der Waals surface area contributed by atoms with Crippen molar-refractivity contribution in [1.82, 2.24) is 0 Å². The van der Waals surface area contributed by atoms with Gasteiger partial charge in [0.05, 0.1) is 6.10 Å². The third-order valence-electron chi connectivity index (χ3n) is 1.41. The molecular formula is C5H11NO. The number of nitrogens with two attached hydrogens (primary N) is 1. The molecular weight excluding hydrogens is 90.1 g/mol. The Hall–Kier alpha value is -0.0800. The second-order valence-electron chi connectivity index (χ2n) is 2.14. The molecule has 42 valence electrons. The van der Waals surface area contributed by atoms with Crippen LogP contribution in [0.1, 0.15) is 12.8 Å². The molecule has 7 heavy (non-hydrogen) atoms. The van der Waals surface area contributed by atoms with Crippen LogP contribution < -0.4 is 5.73 Å². The normalized spacial score (nSPS) is 24.9. The first-order chi connectivity index (χ1) is 3.34. The van der Waals surface area contributed by atoms with E-state index in [1.165, 1.54) is 12.8 Å². The van der Waals surface area contributed by atoms with E-state index in [4.69, 9.17) is 10.8 Å². The fraction of sp³-hybridized carbons (Fsp3) is 1.00. The number of aliphatic hydroxyl groups excluding tert-OH is 1. The highest BCUT2D eigenvalue weighted by Gasteiger charge is 2.28. The number of aliphatic hydroxyl groups is 1. The van der Waals surface area contributed by atoms with Crippen LogP contribution in [0.5, 0.6) is 0 Å². The summed E-state index contributed by atoms with van der Waals surface area (Å²) in [5.74, 6) is 0.546. The van der Waals surface area contributed by atoms with Crippen molar-refractivity contribution in [2.24, 2.45) is 11.7 Å². The predicted molar refractivity (Wildman–Crippen MR) is 27.8 cm³/mol. The van der Waals surface area contributed by atoms with Crippen LogP contribution in [0.2, 0.25) is 0 Å². The summed E-state index contributed by atoms with van der Waals surface area (Å²) in [6, 6.07) is 0. The van der Waals surface area contributed by atoms with Gasteiger partial charge >= 0.3 is 0 Å². The molecule has 0 unspecified atom stereocenters. The summed E-state index contributed by atoms with van der Waals surface area (Å²) >= 11 is 0. The van der Waals surface area contributed by atoms with E-state index < -0.39 is 0 Å². The maximum absolute atomic E-state index is 8.87. The first-order valence-electron chi connectivity index (χ1n) is 2.72. The van der Waals surface area contributed by atoms with Crippen LogP contribution in [0.25, 0.3) is 0 Å². The highest BCUT2D eigenvalue weighted by Crippen LogP contribution is 2.31. The molecule has 1 aliphatic rings. The second-order valence-corrected chi connectivity index (χ2v) is 2.14. The molecule has 1 atom stereocenters. The van der Waals surface area contributed by atoms with Crippen LogP contribution in [-0.2, 0) is 0 Å². The van der Waals surface area contributed by atoms with Crippen LogP contribution in [0.4, 0.5) is 0 Å². The zero-order valence-electron chi connectivity index (χ0n) is 4.30. The molecule has 0 heterocycles. The van der Waals surface area contributed by atoms with Gasteiger partial charge in [0.25, 0.3) is 0 Å². The van der Waals surface area contributed by atoms with Crippen molar-refractivity contribution >= 4 is 0 Å². The van der Waals surface area contributed by atoms with Crippen LogP contribution in [0.15, 0.2) is 0 Å². The first kappa shape index (κ1) is 5.06. The summed E-state index contributed by atoms with van der Waals surface area (Å²) in [6.45, 7) is 0.435. The SMILES string of the molecule is NC[C@H](O)C1CC1. The zero-order chi connectivity index (χ0) is 5.28. The van der Waals surface area contributed by atoms with Gasteiger partial charge in [-0.05, 0) is 18.8 Å². The zero-order valence-corrected chi connectivity index (χ0v) is 4.30. The van der Waals surface area contributed by atoms with Crippen LogP contribution >= 0.6 is 0 Å². The number of hydrogen-bond acceptors (Lipinski definition) is 2. The van der Waals surface area contributed by atoms with Crippen molar-refractivity contribution in [1.29, 1.82) is 0 Å². The monoisotopic (exact) mass is 101 g/mol. The molecule has 1 aliphatic carbocycles. The van der Waals surface area contributed by atoms with Crippen molar-refractivity contribution in [2.75, 3.05) is 6.54 Å². The average molecular weight is 101 g/mol. The molecule has 1 rings (SSSR count). The van der Waals surface area contributed by atoms with Gasteiger partial charge in [0.15, 0.2) is 0 Å². The lowest BCUT2D eigenvalue weighted by molar-refractivity contribution is 0.159. The van der Waals surface area contributed by atoms with Gasteiger partial charge in [-0.1, -0.05) is 0 Å². The summed E-state index contributed by atoms with van der Waals surface area (Å²) in [7, 11) is 0. The molecule has 1 saturated carbocycles. The summed E-state index contributed by atoms with van der Waals surface area (Å²) in [5.41, 5.74) is 5.16. The summed E-state index contributed by atoms with van der Waals surface area (Å²) in [5, 5.41) is 8.87. The molecule has 0 radical (unpaired) electrons. The number of hydrogen-bond donors (Lipinski definition) is 2. The van der Waals surface area contributed by atoms with Gasteiger partial charge in [-0.15, -0.1) is 0 Å². The summed E-state index contributed by atoms with van der Waals surface area (Å²) in [6.07, 6.45) is 2.15. The van der Waals surface area contributed by atoms with Gasteiger partial charge in [-0.25, -0.2) is 0 Å². The minimum Gasteiger partial charge on any atom is -0.392 e. The molecule has 0 spiro atoms. The summed E-state index contributed by atoms with van der Waals surface area (Å²) in [4.78, 5) is 0. The van der Waals surface area contributed by atoms with E-state index in [2.05, 4.69) is 0 Å². The molecule has 0 aliphatic heterocycles. The minimum atomic E-state index is -0.208. The predicted octanol–water partition coefficient (Wildman–Crippen LogP) is -0.284. The Kier molecular flexibility index (Phi) is 1.30. The Morgan fingerprint density at radius 1 is 1.71 bits per heavy atom. The maximum Gasteiger partial charge on any atom is 0.0690 e. The van der Waals surface area contributed by atoms with Crippen molar-refractivity contribution in [3.05, 3.63) is 0 Å². The summed E-state index contributed by atoms with van der Waals surface area (Å²) < 4.78 is 0. The topological polar surface area (TPSA) is 46.2 Å². The third kappa shape index (κ3) is 1.14. The van der Waals surface area contributed by atoms with E-state index in [1.54, 1.807) is 0 Å². The lowest BCUT2D eigenvalue weighted by Crippen LogP contribution is -2.21. The molecule has 1 fully saturated rings. The molecule has 0 bridgehead atoms. The Bertz CT molecular complexity index is 61.1. The molecule has 0 aromatic rings. The molecule has 0 aromatic heterocycles. The van der Waals surface area contributed by atoms with Crippen LogP contribution in [-0.4, -0.2) is 17.8 Å². The van der Waals surface area contributed by atoms with Gasteiger partial charge in [-0.3, -0.25) is 0 Å². The van der Waals surface area contributed by atoms with E-state index >= 15 is 0 Å². The molecule has 3 N–H and O–H groups in total. The van der Waals surface area contributed by atoms with Gasteiger partial charge in [-0.2, -0.15) is 0 Å². The Morgan fingerprint density at radius 3 is 2.43 bits per heavy atom. The van der Waals surface area contributed by atoms with Gasteiger partial charge in [0.1, 0.15) is 0 Å². The molecule has 2 nitrogen and oxygen atoms in total. The second kappa shape index (κ2) is 1.80. The quantitative estimate of drug-likeness (QED) is 0.502. The largest absolute Gasteiger partial charge is 0.392 e. The van der Waals surface area contributed by atoms with Crippen LogP contribution in [0, 0.1) is 5.92 Å². The molecule has 0 aromatic carbocycles. The highest BCUT2D eigenvalue weighted by atomic mass is 16.3. The van der Waals surface area contributed by atoms with E-state index in [1.807, 2.05) is 0 Å². The lowest BCUT2D eigenvalue weighted by Gasteiger charge is -2.01. The fourth-order valence-corrected chi connectivity index (χ4v) is 0.673. The standard InChI is InChI=1S/C5H11NO/c6-3-5(7)4-1-2-4/h4-5,7H,1-3,6H2/t5-/m0/s1. The fourth-order valence-electron chi connectivity index (χ4n) is 0.673. The minimum absolute atomic E-state index is 0.208. The van der Waals surface area contributed by atoms with E-state index in [-0.39, 0.29) is 6.10 Å². The maximum atomic E-state index is 8.87. The van der Waals surface area contributed by atoms with Crippen molar-refractivity contribution in [3.63, 3.8) is 0 Å². The van der Waals surface area contributed by atoms with Crippen molar-refractivity contribution < 1.29 is 5.11 Å². The van der Waals surface area contributed by atoms with E-state index in [0.717, 1.165) is 0 Å². The average Bonchev–Trinajstić information content (AvgIpc) is 2.44. The van der Waals surface area contributed by atoms with Crippen molar-refractivity contribution in [3.8, 4) is 0 Å². The van der Waals surface area contributed by atoms with E-state index in [0.29, 0.717) is 12.5 Å². The molecule has 2 heteroatoms. The highest BCUT2D eigenvalue weighted by molar-refractivity contribution is 4.80. The lowest BCUT2D eigenvalue weighted by atomic mass is 10.2. The smallest absolute Gasteiger partial charge is 0.0690 e. The molecule has 0 saturated heterocycles. The Balaban J connectivity index is 2.10.